The largest absolute Gasteiger partial charge is 0.486 e. The van der Waals surface area contributed by atoms with Gasteiger partial charge in [0.15, 0.2) is 17.3 Å². The maximum absolute atomic E-state index is 12.0. The fourth-order valence-electron chi connectivity index (χ4n) is 2.71. The number of anilines is 2. The van der Waals surface area contributed by atoms with Crippen molar-refractivity contribution < 1.29 is 14.3 Å². The molecule has 0 atom stereocenters. The van der Waals surface area contributed by atoms with Crippen LogP contribution in [0.2, 0.25) is 0 Å². The summed E-state index contributed by atoms with van der Waals surface area (Å²) < 4.78 is 12.8. The van der Waals surface area contributed by atoms with Crippen molar-refractivity contribution in [3.63, 3.8) is 0 Å². The first-order valence-corrected chi connectivity index (χ1v) is 8.93. The average Bonchev–Trinajstić information content (AvgIpc) is 3.26. The second kappa shape index (κ2) is 8.30. The highest BCUT2D eigenvalue weighted by Gasteiger charge is 2.12. The molecule has 3 N–H and O–H groups in total. The minimum Gasteiger partial charge on any atom is -0.486 e. The van der Waals surface area contributed by atoms with Crippen molar-refractivity contribution in [1.82, 2.24) is 20.1 Å². The lowest BCUT2D eigenvalue weighted by molar-refractivity contribution is 0.171. The fourth-order valence-corrected chi connectivity index (χ4v) is 2.71. The zero-order valence-corrected chi connectivity index (χ0v) is 15.1. The summed E-state index contributed by atoms with van der Waals surface area (Å²) >= 11 is 0. The fraction of sp³-hybridized carbons (Fsp3) is 0.211. The molecule has 4 rings (SSSR count). The summed E-state index contributed by atoms with van der Waals surface area (Å²) in [7, 11) is 0. The molecule has 1 aliphatic rings. The van der Waals surface area contributed by atoms with E-state index in [2.05, 4.69) is 26.1 Å². The predicted octanol–water partition coefficient (Wildman–Crippen LogP) is 2.27. The number of aromatic nitrogens is 3. The van der Waals surface area contributed by atoms with Crippen LogP contribution in [-0.2, 0) is 0 Å². The molecule has 3 heterocycles. The molecule has 0 aliphatic carbocycles. The number of nitrogens with one attached hydrogen (secondary N) is 3. The quantitative estimate of drug-likeness (QED) is 0.567. The molecule has 0 saturated heterocycles. The van der Waals surface area contributed by atoms with Crippen LogP contribution >= 0.6 is 0 Å². The van der Waals surface area contributed by atoms with Crippen LogP contribution in [0, 0.1) is 0 Å². The molecule has 2 aromatic heterocycles. The lowest BCUT2D eigenvalue weighted by Gasteiger charge is -2.19. The topological polar surface area (TPSA) is 102 Å². The Labute approximate surface area is 161 Å². The van der Waals surface area contributed by atoms with Gasteiger partial charge >= 0.3 is 6.03 Å². The van der Waals surface area contributed by atoms with Gasteiger partial charge < -0.3 is 30.0 Å². The standard InChI is InChI=1S/C19H20N6O3/c26-19(22-14-3-4-15-16(13-14)28-12-11-27-15)21-8-7-20-17-5-6-18(24-23-17)25-9-1-2-10-25/h1-6,9-10,13H,7-8,11-12H2,(H,20,23)(H2,21,22,26). The number of rotatable bonds is 6. The minimum atomic E-state index is -0.299. The molecule has 0 bridgehead atoms. The lowest BCUT2D eigenvalue weighted by atomic mass is 10.2. The summed E-state index contributed by atoms with van der Waals surface area (Å²) in [4.78, 5) is 12.0. The van der Waals surface area contributed by atoms with Gasteiger partial charge in [0.05, 0.1) is 0 Å². The summed E-state index contributed by atoms with van der Waals surface area (Å²) in [5.74, 6) is 2.70. The number of hydrogen-bond donors (Lipinski definition) is 3. The summed E-state index contributed by atoms with van der Waals surface area (Å²) in [5.41, 5.74) is 0.640. The SMILES string of the molecule is O=C(NCCNc1ccc(-n2cccc2)nn1)Nc1ccc2c(c1)OCCO2. The third-order valence-corrected chi connectivity index (χ3v) is 4.04. The maximum Gasteiger partial charge on any atom is 0.319 e. The van der Waals surface area contributed by atoms with E-state index in [1.165, 1.54) is 0 Å². The molecule has 0 spiro atoms. The third-order valence-electron chi connectivity index (χ3n) is 4.04. The van der Waals surface area contributed by atoms with Gasteiger partial charge in [-0.05, 0) is 36.4 Å². The van der Waals surface area contributed by atoms with E-state index in [1.54, 1.807) is 18.2 Å². The van der Waals surface area contributed by atoms with Crippen molar-refractivity contribution in [1.29, 1.82) is 0 Å². The minimum absolute atomic E-state index is 0.299. The van der Waals surface area contributed by atoms with Crippen molar-refractivity contribution >= 4 is 17.5 Å². The molecule has 0 saturated carbocycles. The summed E-state index contributed by atoms with van der Waals surface area (Å²) in [6.07, 6.45) is 3.81. The Balaban J connectivity index is 1.20. The van der Waals surface area contributed by atoms with Crippen molar-refractivity contribution in [2.24, 2.45) is 0 Å². The van der Waals surface area contributed by atoms with E-state index in [-0.39, 0.29) is 6.03 Å². The molecule has 2 amide bonds. The van der Waals surface area contributed by atoms with Gasteiger partial charge in [0.2, 0.25) is 0 Å². The smallest absolute Gasteiger partial charge is 0.319 e. The van der Waals surface area contributed by atoms with Crippen molar-refractivity contribution in [2.45, 2.75) is 0 Å². The normalized spacial score (nSPS) is 12.3. The van der Waals surface area contributed by atoms with Crippen molar-refractivity contribution in [3.8, 4) is 17.3 Å². The number of fused-ring (bicyclic) bond motifs is 1. The van der Waals surface area contributed by atoms with Gasteiger partial charge in [-0.3, -0.25) is 0 Å². The molecule has 1 aromatic carbocycles. The van der Waals surface area contributed by atoms with Crippen molar-refractivity contribution in [2.75, 3.05) is 36.9 Å². The molecule has 144 valence electrons. The van der Waals surface area contributed by atoms with Crippen LogP contribution in [0.3, 0.4) is 0 Å². The number of ether oxygens (including phenoxy) is 2. The second-order valence-corrected chi connectivity index (χ2v) is 6.03. The van der Waals surface area contributed by atoms with Crippen LogP contribution in [-0.4, -0.2) is 47.1 Å². The Morgan fingerprint density at radius 1 is 1.00 bits per heavy atom. The number of urea groups is 1. The molecule has 0 fully saturated rings. The number of carbonyl (C=O) groups is 1. The summed E-state index contributed by atoms with van der Waals surface area (Å²) in [6, 6.07) is 12.6. The Hall–Kier alpha value is -3.75. The number of hydrogen-bond acceptors (Lipinski definition) is 6. The summed E-state index contributed by atoms with van der Waals surface area (Å²) in [5, 5.41) is 16.9. The Bertz CT molecular complexity index is 927. The number of amides is 2. The van der Waals surface area contributed by atoms with Crippen LogP contribution in [0.1, 0.15) is 0 Å². The number of benzene rings is 1. The van der Waals surface area contributed by atoms with Crippen LogP contribution in [0.4, 0.5) is 16.3 Å². The molecule has 1 aliphatic heterocycles. The van der Waals surface area contributed by atoms with Gasteiger partial charge in [-0.25, -0.2) is 4.79 Å². The van der Waals surface area contributed by atoms with Gasteiger partial charge in [-0.2, -0.15) is 0 Å². The lowest BCUT2D eigenvalue weighted by Crippen LogP contribution is -2.32. The average molecular weight is 380 g/mol. The molecule has 28 heavy (non-hydrogen) atoms. The van der Waals surface area contributed by atoms with Gasteiger partial charge in [0.1, 0.15) is 19.0 Å². The molecule has 9 nitrogen and oxygen atoms in total. The zero-order valence-electron chi connectivity index (χ0n) is 15.1. The molecule has 0 unspecified atom stereocenters. The molecule has 3 aromatic rings. The Morgan fingerprint density at radius 2 is 1.82 bits per heavy atom. The van der Waals surface area contributed by atoms with Crippen molar-refractivity contribution in [3.05, 3.63) is 54.9 Å². The predicted molar refractivity (Wildman–Crippen MR) is 104 cm³/mol. The van der Waals surface area contributed by atoms with Crippen LogP contribution in [0.15, 0.2) is 54.9 Å². The molecule has 0 radical (unpaired) electrons. The second-order valence-electron chi connectivity index (χ2n) is 6.03. The molecule has 9 heteroatoms. The van der Waals surface area contributed by atoms with Gasteiger partial charge in [0.25, 0.3) is 0 Å². The first-order valence-electron chi connectivity index (χ1n) is 8.93. The monoisotopic (exact) mass is 380 g/mol. The Morgan fingerprint density at radius 3 is 2.61 bits per heavy atom. The third kappa shape index (κ3) is 4.32. The van der Waals surface area contributed by atoms with E-state index < -0.39 is 0 Å². The van der Waals surface area contributed by atoms with E-state index in [0.29, 0.717) is 49.3 Å². The van der Waals surface area contributed by atoms with Crippen LogP contribution in [0.25, 0.3) is 5.82 Å². The van der Waals surface area contributed by atoms with E-state index in [4.69, 9.17) is 9.47 Å². The zero-order chi connectivity index (χ0) is 19.2. The summed E-state index contributed by atoms with van der Waals surface area (Å²) in [6.45, 7) is 1.99. The maximum atomic E-state index is 12.0. The molecular formula is C19H20N6O3. The highest BCUT2D eigenvalue weighted by molar-refractivity contribution is 5.89. The first kappa shape index (κ1) is 17.7. The number of carbonyl (C=O) groups excluding carboxylic acids is 1. The van der Waals surface area contributed by atoms with Crippen LogP contribution < -0.4 is 25.4 Å². The van der Waals surface area contributed by atoms with Gasteiger partial charge in [0, 0.05) is 37.2 Å². The Kier molecular flexibility index (Phi) is 5.23. The highest BCUT2D eigenvalue weighted by atomic mass is 16.6. The van der Waals surface area contributed by atoms with Gasteiger partial charge in [-0.1, -0.05) is 0 Å². The van der Waals surface area contributed by atoms with Gasteiger partial charge in [-0.15, -0.1) is 10.2 Å². The van der Waals surface area contributed by atoms with E-state index >= 15 is 0 Å². The van der Waals surface area contributed by atoms with Crippen LogP contribution in [0.5, 0.6) is 11.5 Å². The number of nitrogens with zero attached hydrogens (tertiary/aromatic N) is 3. The van der Waals surface area contributed by atoms with E-state index in [9.17, 15) is 4.79 Å². The van der Waals surface area contributed by atoms with E-state index in [1.807, 2.05) is 41.2 Å². The highest BCUT2D eigenvalue weighted by Crippen LogP contribution is 2.32. The van der Waals surface area contributed by atoms with E-state index in [0.717, 1.165) is 5.82 Å². The molecular weight excluding hydrogens is 360 g/mol. The first-order chi connectivity index (χ1) is 13.8.